The van der Waals surface area contributed by atoms with Gasteiger partial charge in [-0.05, 0) is 43.6 Å². The predicted octanol–water partition coefficient (Wildman–Crippen LogP) is 3.12. The zero-order valence-corrected chi connectivity index (χ0v) is 11.7. The first-order chi connectivity index (χ1) is 8.85. The summed E-state index contributed by atoms with van der Waals surface area (Å²) in [5.41, 5.74) is 3.00. The lowest BCUT2D eigenvalue weighted by atomic mass is 9.76. The number of hydrogen-bond donors (Lipinski definition) is 2. The lowest BCUT2D eigenvalue weighted by Crippen LogP contribution is -2.44. The Morgan fingerprint density at radius 2 is 2.17 bits per heavy atom. The fourth-order valence-electron chi connectivity index (χ4n) is 3.46. The van der Waals surface area contributed by atoms with Crippen molar-refractivity contribution < 1.29 is 4.74 Å². The minimum Gasteiger partial charge on any atom is -0.497 e. The molecule has 0 bridgehead atoms. The summed E-state index contributed by atoms with van der Waals surface area (Å²) in [5.74, 6) is 8.47. The van der Waals surface area contributed by atoms with E-state index in [1.807, 2.05) is 0 Å². The van der Waals surface area contributed by atoms with Gasteiger partial charge < -0.3 is 4.74 Å². The van der Waals surface area contributed by atoms with E-state index in [2.05, 4.69) is 18.4 Å². The van der Waals surface area contributed by atoms with Gasteiger partial charge >= 0.3 is 0 Å². The first-order valence-electron chi connectivity index (χ1n) is 7.64. The van der Waals surface area contributed by atoms with Crippen LogP contribution in [-0.4, -0.2) is 12.6 Å². The van der Waals surface area contributed by atoms with Crippen molar-refractivity contribution in [2.45, 2.75) is 64.3 Å². The van der Waals surface area contributed by atoms with E-state index in [0.29, 0.717) is 5.92 Å². The number of hydrazine groups is 1. The quantitative estimate of drug-likeness (QED) is 0.584. The Balaban J connectivity index is 1.87. The molecule has 0 aromatic carbocycles. The van der Waals surface area contributed by atoms with E-state index in [1.165, 1.54) is 38.5 Å². The number of ether oxygens (including phenoxy) is 1. The second kappa shape index (κ2) is 7.15. The first-order valence-corrected chi connectivity index (χ1v) is 7.64. The van der Waals surface area contributed by atoms with Crippen LogP contribution in [0.4, 0.5) is 0 Å². The summed E-state index contributed by atoms with van der Waals surface area (Å²) in [7, 11) is 0. The molecule has 3 N–H and O–H groups in total. The van der Waals surface area contributed by atoms with Crippen LogP contribution in [0.2, 0.25) is 0 Å². The number of allylic oxidation sites excluding steroid dienone is 1. The molecule has 0 amide bonds. The van der Waals surface area contributed by atoms with Crippen LogP contribution in [0.5, 0.6) is 0 Å². The van der Waals surface area contributed by atoms with Crippen LogP contribution >= 0.6 is 0 Å². The average Bonchev–Trinajstić information content (AvgIpc) is 2.43. The van der Waals surface area contributed by atoms with Gasteiger partial charge in [0.15, 0.2) is 0 Å². The van der Waals surface area contributed by atoms with Gasteiger partial charge in [-0.25, -0.2) is 5.43 Å². The van der Waals surface area contributed by atoms with Crippen LogP contribution < -0.4 is 11.3 Å². The minimum absolute atomic E-state index is 0.243. The molecule has 1 saturated carbocycles. The molecule has 2 aliphatic rings. The van der Waals surface area contributed by atoms with Gasteiger partial charge in [0.1, 0.15) is 5.76 Å². The molecule has 1 heterocycles. The first kappa shape index (κ1) is 13.9. The van der Waals surface area contributed by atoms with Gasteiger partial charge in [0, 0.05) is 0 Å². The second-order valence-electron chi connectivity index (χ2n) is 5.81. The summed E-state index contributed by atoms with van der Waals surface area (Å²) in [6, 6.07) is 0.243. The lowest BCUT2D eigenvalue weighted by molar-refractivity contribution is 0.131. The highest BCUT2D eigenvalue weighted by molar-refractivity contribution is 5.07. The number of nitrogens with one attached hydrogen (secondary N) is 1. The summed E-state index contributed by atoms with van der Waals surface area (Å²) in [5, 5.41) is 0. The largest absolute Gasteiger partial charge is 0.497 e. The van der Waals surface area contributed by atoms with Crippen molar-refractivity contribution in [2.24, 2.45) is 17.7 Å². The summed E-state index contributed by atoms with van der Waals surface area (Å²) in [6.07, 6.45) is 12.5. The molecule has 1 unspecified atom stereocenters. The Kier molecular flexibility index (Phi) is 5.51. The van der Waals surface area contributed by atoms with Crippen molar-refractivity contribution >= 4 is 0 Å². The Morgan fingerprint density at radius 3 is 2.72 bits per heavy atom. The van der Waals surface area contributed by atoms with Crippen LogP contribution in [0, 0.1) is 11.8 Å². The molecule has 104 valence electrons. The van der Waals surface area contributed by atoms with Crippen LogP contribution in [0.15, 0.2) is 11.8 Å². The second-order valence-corrected chi connectivity index (χ2v) is 5.81. The molecule has 0 radical (unpaired) electrons. The van der Waals surface area contributed by atoms with Gasteiger partial charge in [0.05, 0.1) is 12.6 Å². The molecule has 3 heteroatoms. The highest BCUT2D eigenvalue weighted by Gasteiger charge is 2.30. The molecule has 1 atom stereocenters. The van der Waals surface area contributed by atoms with E-state index in [4.69, 9.17) is 10.6 Å². The van der Waals surface area contributed by atoms with Gasteiger partial charge in [-0.15, -0.1) is 0 Å². The Labute approximate surface area is 111 Å². The topological polar surface area (TPSA) is 47.3 Å². The smallest absolute Gasteiger partial charge is 0.111 e. The molecular formula is C15H28N2O. The van der Waals surface area contributed by atoms with E-state index < -0.39 is 0 Å². The summed E-state index contributed by atoms with van der Waals surface area (Å²) < 4.78 is 5.78. The van der Waals surface area contributed by atoms with Gasteiger partial charge in [-0.1, -0.05) is 32.6 Å². The molecule has 1 fully saturated rings. The molecule has 0 aromatic rings. The molecule has 1 aliphatic heterocycles. The molecule has 0 aromatic heterocycles. The van der Waals surface area contributed by atoms with Crippen molar-refractivity contribution in [3.8, 4) is 0 Å². The zero-order valence-electron chi connectivity index (χ0n) is 11.7. The third-order valence-corrected chi connectivity index (χ3v) is 4.51. The van der Waals surface area contributed by atoms with Crippen molar-refractivity contribution in [1.29, 1.82) is 0 Å². The number of nitrogens with two attached hydrogens (primary N) is 1. The summed E-state index contributed by atoms with van der Waals surface area (Å²) in [6.45, 7) is 3.15. The molecule has 1 aliphatic carbocycles. The highest BCUT2D eigenvalue weighted by atomic mass is 16.5. The third-order valence-electron chi connectivity index (χ3n) is 4.51. The third kappa shape index (κ3) is 3.48. The molecule has 3 nitrogen and oxygen atoms in total. The molecular weight excluding hydrogens is 224 g/mol. The van der Waals surface area contributed by atoms with Gasteiger partial charge in [0.25, 0.3) is 0 Å². The van der Waals surface area contributed by atoms with Gasteiger partial charge in [-0.3, -0.25) is 5.84 Å². The van der Waals surface area contributed by atoms with Gasteiger partial charge in [0.2, 0.25) is 0 Å². The molecule has 18 heavy (non-hydrogen) atoms. The SMILES string of the molecule is CCCC1CCC(C(NN)C2=CCCCO2)CC1. The maximum Gasteiger partial charge on any atom is 0.111 e. The maximum absolute atomic E-state index is 5.78. The Bertz CT molecular complexity index is 270. The molecule has 0 spiro atoms. The normalized spacial score (nSPS) is 30.4. The van der Waals surface area contributed by atoms with Crippen LogP contribution in [0.3, 0.4) is 0 Å². The Morgan fingerprint density at radius 1 is 1.39 bits per heavy atom. The summed E-state index contributed by atoms with van der Waals surface area (Å²) in [4.78, 5) is 0. The fourth-order valence-corrected chi connectivity index (χ4v) is 3.46. The number of rotatable bonds is 5. The Hall–Kier alpha value is -0.540. The molecule has 0 saturated heterocycles. The van der Waals surface area contributed by atoms with E-state index in [0.717, 1.165) is 31.1 Å². The standard InChI is InChI=1S/C15H28N2O/c1-2-5-12-7-9-13(10-8-12)15(17-16)14-6-3-4-11-18-14/h6,12-13,15,17H,2-5,7-11,16H2,1H3. The van der Waals surface area contributed by atoms with E-state index in [9.17, 15) is 0 Å². The zero-order chi connectivity index (χ0) is 12.8. The van der Waals surface area contributed by atoms with Gasteiger partial charge in [-0.2, -0.15) is 0 Å². The maximum atomic E-state index is 5.78. The lowest BCUT2D eigenvalue weighted by Gasteiger charge is -2.35. The van der Waals surface area contributed by atoms with Crippen molar-refractivity contribution in [2.75, 3.05) is 6.61 Å². The van der Waals surface area contributed by atoms with Crippen LogP contribution in [-0.2, 0) is 4.74 Å². The highest BCUT2D eigenvalue weighted by Crippen LogP contribution is 2.35. The van der Waals surface area contributed by atoms with Crippen LogP contribution in [0.25, 0.3) is 0 Å². The van der Waals surface area contributed by atoms with Crippen molar-refractivity contribution in [3.63, 3.8) is 0 Å². The van der Waals surface area contributed by atoms with E-state index in [1.54, 1.807) is 0 Å². The van der Waals surface area contributed by atoms with Crippen molar-refractivity contribution in [3.05, 3.63) is 11.8 Å². The average molecular weight is 252 g/mol. The summed E-state index contributed by atoms with van der Waals surface area (Å²) >= 11 is 0. The van der Waals surface area contributed by atoms with Crippen LogP contribution in [0.1, 0.15) is 58.3 Å². The monoisotopic (exact) mass is 252 g/mol. The fraction of sp³-hybridized carbons (Fsp3) is 0.867. The van der Waals surface area contributed by atoms with E-state index in [-0.39, 0.29) is 6.04 Å². The predicted molar refractivity (Wildman–Crippen MR) is 74.7 cm³/mol. The number of hydrogen-bond acceptors (Lipinski definition) is 3. The molecule has 2 rings (SSSR count). The van der Waals surface area contributed by atoms with E-state index >= 15 is 0 Å². The van der Waals surface area contributed by atoms with Crippen molar-refractivity contribution in [1.82, 2.24) is 5.43 Å². The minimum atomic E-state index is 0.243.